The van der Waals surface area contributed by atoms with E-state index in [2.05, 4.69) is 0 Å². The fourth-order valence-electron chi connectivity index (χ4n) is 1.94. The molecule has 1 atom stereocenters. The van der Waals surface area contributed by atoms with E-state index in [1.165, 1.54) is 0 Å². The summed E-state index contributed by atoms with van der Waals surface area (Å²) in [5.74, 6) is 0. The predicted molar refractivity (Wildman–Crippen MR) is 78.4 cm³/mol. The first-order valence-corrected chi connectivity index (χ1v) is 6.53. The summed E-state index contributed by atoms with van der Waals surface area (Å²) in [5, 5.41) is 1.48. The molecule has 0 radical (unpaired) electrons. The summed E-state index contributed by atoms with van der Waals surface area (Å²) in [4.78, 5) is 0. The number of nitrogens with two attached hydrogens (primary N) is 1. The second-order valence-electron chi connectivity index (χ2n) is 4.44. The number of benzene rings is 2. The lowest BCUT2D eigenvalue weighted by Gasteiger charge is -2.16. The highest BCUT2D eigenvalue weighted by Gasteiger charge is 2.13. The van der Waals surface area contributed by atoms with Gasteiger partial charge in [-0.25, -0.2) is 0 Å². The average Bonchev–Trinajstić information content (AvgIpc) is 2.35. The van der Waals surface area contributed by atoms with E-state index in [9.17, 15) is 0 Å². The molecule has 18 heavy (non-hydrogen) atoms. The summed E-state index contributed by atoms with van der Waals surface area (Å²) in [6.45, 7) is 3.95. The topological polar surface area (TPSA) is 26.0 Å². The molecule has 3 heteroatoms. The van der Waals surface area contributed by atoms with Crippen LogP contribution in [0.1, 0.15) is 28.3 Å². The minimum Gasteiger partial charge on any atom is -0.320 e. The molecule has 0 fully saturated rings. The van der Waals surface area contributed by atoms with Crippen molar-refractivity contribution < 1.29 is 0 Å². The van der Waals surface area contributed by atoms with E-state index in [0.29, 0.717) is 0 Å². The van der Waals surface area contributed by atoms with Crippen molar-refractivity contribution >= 4 is 23.2 Å². The maximum Gasteiger partial charge on any atom is 0.0555 e. The van der Waals surface area contributed by atoms with Gasteiger partial charge < -0.3 is 5.73 Å². The molecule has 0 spiro atoms. The van der Waals surface area contributed by atoms with E-state index in [4.69, 9.17) is 28.9 Å². The van der Waals surface area contributed by atoms with Crippen LogP contribution in [0.3, 0.4) is 0 Å². The summed E-state index contributed by atoms with van der Waals surface area (Å²) in [7, 11) is 0. The van der Waals surface area contributed by atoms with Crippen LogP contribution in [0, 0.1) is 13.8 Å². The SMILES string of the molecule is Cc1ccc(C(N)c2cccc(Cl)c2C)cc1Cl. The van der Waals surface area contributed by atoms with E-state index in [0.717, 1.165) is 32.3 Å². The van der Waals surface area contributed by atoms with Gasteiger partial charge in [0.05, 0.1) is 6.04 Å². The lowest BCUT2D eigenvalue weighted by atomic mass is 9.95. The third kappa shape index (κ3) is 2.54. The first-order valence-electron chi connectivity index (χ1n) is 5.77. The summed E-state index contributed by atoms with van der Waals surface area (Å²) in [6, 6.07) is 11.5. The van der Waals surface area contributed by atoms with E-state index < -0.39 is 0 Å². The Kier molecular flexibility index (Phi) is 3.96. The molecule has 0 saturated heterocycles. The zero-order chi connectivity index (χ0) is 13.3. The summed E-state index contributed by atoms with van der Waals surface area (Å²) >= 11 is 12.3. The van der Waals surface area contributed by atoms with Gasteiger partial charge in [0.15, 0.2) is 0 Å². The first kappa shape index (κ1) is 13.4. The van der Waals surface area contributed by atoms with Crippen molar-refractivity contribution in [2.75, 3.05) is 0 Å². The molecule has 1 nitrogen and oxygen atoms in total. The molecule has 1 unspecified atom stereocenters. The lowest BCUT2D eigenvalue weighted by Crippen LogP contribution is -2.13. The quantitative estimate of drug-likeness (QED) is 0.850. The Hall–Kier alpha value is -1.02. The molecule has 0 amide bonds. The minimum absolute atomic E-state index is 0.207. The van der Waals surface area contributed by atoms with Crippen molar-refractivity contribution in [3.8, 4) is 0 Å². The summed E-state index contributed by atoms with van der Waals surface area (Å²) < 4.78 is 0. The fraction of sp³-hybridized carbons (Fsp3) is 0.200. The van der Waals surface area contributed by atoms with Gasteiger partial charge in [0.2, 0.25) is 0 Å². The van der Waals surface area contributed by atoms with Crippen molar-refractivity contribution in [1.82, 2.24) is 0 Å². The van der Waals surface area contributed by atoms with E-state index >= 15 is 0 Å². The maximum absolute atomic E-state index is 6.29. The Bertz CT molecular complexity index is 579. The van der Waals surface area contributed by atoms with Gasteiger partial charge in [-0.3, -0.25) is 0 Å². The van der Waals surface area contributed by atoms with Gasteiger partial charge in [-0.2, -0.15) is 0 Å². The normalized spacial score (nSPS) is 12.5. The second-order valence-corrected chi connectivity index (χ2v) is 5.25. The van der Waals surface area contributed by atoms with Crippen molar-refractivity contribution in [2.24, 2.45) is 5.73 Å². The third-order valence-corrected chi connectivity index (χ3v) is 4.02. The van der Waals surface area contributed by atoms with Gasteiger partial charge in [-0.1, -0.05) is 47.5 Å². The lowest BCUT2D eigenvalue weighted by molar-refractivity contribution is 0.861. The Morgan fingerprint density at radius 3 is 2.39 bits per heavy atom. The monoisotopic (exact) mass is 279 g/mol. The van der Waals surface area contributed by atoms with Gasteiger partial charge in [-0.05, 0) is 48.2 Å². The number of hydrogen-bond acceptors (Lipinski definition) is 1. The molecule has 0 bridgehead atoms. The smallest absolute Gasteiger partial charge is 0.0555 e. The van der Waals surface area contributed by atoms with Gasteiger partial charge in [-0.15, -0.1) is 0 Å². The molecular formula is C15H15Cl2N. The fourth-order valence-corrected chi connectivity index (χ4v) is 2.31. The molecule has 0 aliphatic rings. The average molecular weight is 280 g/mol. The summed E-state index contributed by atoms with van der Waals surface area (Å²) in [5.41, 5.74) is 10.4. The van der Waals surface area contributed by atoms with E-state index in [1.807, 2.05) is 50.2 Å². The molecular weight excluding hydrogens is 265 g/mol. The third-order valence-electron chi connectivity index (χ3n) is 3.20. The Labute approximate surface area is 118 Å². The van der Waals surface area contributed by atoms with Crippen LogP contribution in [0.15, 0.2) is 36.4 Å². The summed E-state index contributed by atoms with van der Waals surface area (Å²) in [6.07, 6.45) is 0. The standard InChI is InChI=1S/C15H15Cl2N/c1-9-6-7-11(8-14(9)17)15(18)12-4-3-5-13(16)10(12)2/h3-8,15H,18H2,1-2H3. The zero-order valence-electron chi connectivity index (χ0n) is 10.4. The Balaban J connectivity index is 2.44. The van der Waals surface area contributed by atoms with E-state index in [-0.39, 0.29) is 6.04 Å². The molecule has 2 aromatic carbocycles. The highest BCUT2D eigenvalue weighted by Crippen LogP contribution is 2.29. The highest BCUT2D eigenvalue weighted by atomic mass is 35.5. The van der Waals surface area contributed by atoms with Crippen LogP contribution in [0.2, 0.25) is 10.0 Å². The van der Waals surface area contributed by atoms with Crippen molar-refractivity contribution in [1.29, 1.82) is 0 Å². The van der Waals surface area contributed by atoms with Gasteiger partial charge in [0, 0.05) is 10.0 Å². The Morgan fingerprint density at radius 1 is 1.00 bits per heavy atom. The van der Waals surface area contributed by atoms with Crippen LogP contribution >= 0.6 is 23.2 Å². The van der Waals surface area contributed by atoms with Crippen molar-refractivity contribution in [3.05, 3.63) is 68.7 Å². The van der Waals surface area contributed by atoms with Crippen molar-refractivity contribution in [2.45, 2.75) is 19.9 Å². The van der Waals surface area contributed by atoms with Crippen molar-refractivity contribution in [3.63, 3.8) is 0 Å². The molecule has 2 N–H and O–H groups in total. The molecule has 94 valence electrons. The zero-order valence-corrected chi connectivity index (χ0v) is 11.9. The van der Waals surface area contributed by atoms with E-state index in [1.54, 1.807) is 0 Å². The number of halogens is 2. The maximum atomic E-state index is 6.29. The molecule has 0 heterocycles. The first-order chi connectivity index (χ1) is 8.50. The molecule has 2 aromatic rings. The minimum atomic E-state index is -0.207. The number of hydrogen-bond donors (Lipinski definition) is 1. The highest BCUT2D eigenvalue weighted by molar-refractivity contribution is 6.31. The number of rotatable bonds is 2. The van der Waals surface area contributed by atoms with Crippen LogP contribution < -0.4 is 5.73 Å². The predicted octanol–water partition coefficient (Wildman–Crippen LogP) is 4.66. The molecule has 0 saturated carbocycles. The molecule has 0 aromatic heterocycles. The molecule has 0 aliphatic heterocycles. The van der Waals surface area contributed by atoms with Crippen LogP contribution in [0.4, 0.5) is 0 Å². The van der Waals surface area contributed by atoms with Gasteiger partial charge in [0.25, 0.3) is 0 Å². The Morgan fingerprint density at radius 2 is 1.72 bits per heavy atom. The van der Waals surface area contributed by atoms with Crippen LogP contribution in [-0.4, -0.2) is 0 Å². The van der Waals surface area contributed by atoms with Crippen LogP contribution in [0.25, 0.3) is 0 Å². The van der Waals surface area contributed by atoms with Crippen LogP contribution in [0.5, 0.6) is 0 Å². The number of aryl methyl sites for hydroxylation is 1. The largest absolute Gasteiger partial charge is 0.320 e. The van der Waals surface area contributed by atoms with Crippen LogP contribution in [-0.2, 0) is 0 Å². The van der Waals surface area contributed by atoms with Gasteiger partial charge in [0.1, 0.15) is 0 Å². The molecule has 0 aliphatic carbocycles. The van der Waals surface area contributed by atoms with Gasteiger partial charge >= 0.3 is 0 Å². The second kappa shape index (κ2) is 5.31. The molecule has 2 rings (SSSR count).